The van der Waals surface area contributed by atoms with Crippen molar-refractivity contribution in [3.05, 3.63) is 71.7 Å². The Morgan fingerprint density at radius 2 is 1.83 bits per heavy atom. The number of nitrogens with zero attached hydrogens (tertiary/aromatic N) is 2. The van der Waals surface area contributed by atoms with Gasteiger partial charge in [0, 0.05) is 43.0 Å². The molecule has 7 rings (SSSR count). The molecule has 8 atom stereocenters. The predicted molar refractivity (Wildman–Crippen MR) is 188 cm³/mol. The molecule has 0 spiro atoms. The highest BCUT2D eigenvalue weighted by Crippen LogP contribution is 2.49. The van der Waals surface area contributed by atoms with Crippen molar-refractivity contribution in [2.45, 2.75) is 94.0 Å². The second-order valence-electron chi connectivity index (χ2n) is 14.5. The molecule has 282 valence electrons. The number of aromatic nitrogens is 1. The first-order valence-corrected chi connectivity index (χ1v) is 19.9. The number of aliphatic hydroxyl groups excluding tert-OH is 2. The first-order valence-electron chi connectivity index (χ1n) is 18.4. The second kappa shape index (κ2) is 16.3. The van der Waals surface area contributed by atoms with Crippen LogP contribution in [0.3, 0.4) is 0 Å². The Hall–Kier alpha value is -3.37. The minimum atomic E-state index is -4.16. The lowest BCUT2D eigenvalue weighted by atomic mass is 9.98. The third-order valence-corrected chi connectivity index (χ3v) is 12.8. The van der Waals surface area contributed by atoms with E-state index in [-0.39, 0.29) is 67.1 Å². The number of hydrogen-bond donors (Lipinski definition) is 3. The minimum absolute atomic E-state index is 0.0566. The van der Waals surface area contributed by atoms with Crippen LogP contribution in [0.15, 0.2) is 64.0 Å². The zero-order valence-corrected chi connectivity index (χ0v) is 30.3. The van der Waals surface area contributed by atoms with Crippen LogP contribution in [-0.4, -0.2) is 91.5 Å². The summed E-state index contributed by atoms with van der Waals surface area (Å²) in [7, 11) is -4.16. The van der Waals surface area contributed by atoms with Crippen molar-refractivity contribution in [1.29, 1.82) is 0 Å². The molecule has 4 aliphatic rings. The number of rotatable bonds is 9. The topological polar surface area (TPSA) is 170 Å². The van der Waals surface area contributed by atoms with Gasteiger partial charge in [0.05, 0.1) is 43.1 Å². The Labute approximate surface area is 304 Å². The highest BCUT2D eigenvalue weighted by molar-refractivity contribution is 7.89. The average Bonchev–Trinajstić information content (AvgIpc) is 3.86. The van der Waals surface area contributed by atoms with Gasteiger partial charge < -0.3 is 38.9 Å². The minimum Gasteiger partial charge on any atom is -0.445 e. The van der Waals surface area contributed by atoms with Gasteiger partial charge in [-0.1, -0.05) is 49.6 Å². The van der Waals surface area contributed by atoms with Gasteiger partial charge in [-0.15, -0.1) is 0 Å². The fourth-order valence-corrected chi connectivity index (χ4v) is 9.70. The molecule has 3 N–H and O–H groups in total. The molecule has 14 heteroatoms. The summed E-state index contributed by atoms with van der Waals surface area (Å²) in [5, 5.41) is 24.7. The first kappa shape index (κ1) is 37.0. The second-order valence-corrected chi connectivity index (χ2v) is 16.4. The summed E-state index contributed by atoms with van der Waals surface area (Å²) in [4.78, 5) is 17.7. The number of oxazole rings is 1. The average molecular weight is 740 g/mol. The molecule has 2 saturated heterocycles. The third kappa shape index (κ3) is 8.23. The summed E-state index contributed by atoms with van der Waals surface area (Å²) in [5.41, 5.74) is 1.91. The van der Waals surface area contributed by atoms with Gasteiger partial charge in [-0.25, -0.2) is 18.2 Å². The molecule has 1 aliphatic carbocycles. The van der Waals surface area contributed by atoms with Gasteiger partial charge in [0.2, 0.25) is 15.9 Å². The van der Waals surface area contributed by atoms with E-state index >= 15 is 0 Å². The van der Waals surface area contributed by atoms with Crippen molar-refractivity contribution < 1.29 is 46.8 Å². The molecule has 2 aromatic carbocycles. The number of amides is 1. The van der Waals surface area contributed by atoms with Gasteiger partial charge in [-0.05, 0) is 61.9 Å². The summed E-state index contributed by atoms with van der Waals surface area (Å²) in [6, 6.07) is 13.5. The summed E-state index contributed by atoms with van der Waals surface area (Å²) >= 11 is 0. The van der Waals surface area contributed by atoms with Crippen molar-refractivity contribution in [2.24, 2.45) is 17.8 Å². The fourth-order valence-electron chi connectivity index (χ4n) is 8.01. The van der Waals surface area contributed by atoms with Crippen molar-refractivity contribution in [3.8, 4) is 11.3 Å². The molecule has 1 amide bonds. The van der Waals surface area contributed by atoms with Gasteiger partial charge in [-0.2, -0.15) is 4.31 Å². The number of ether oxygens (including phenoxy) is 4. The Balaban J connectivity index is 1.13. The van der Waals surface area contributed by atoms with Crippen molar-refractivity contribution in [3.63, 3.8) is 0 Å². The fraction of sp³-hybridized carbons (Fsp3) is 0.579. The number of hydrogen-bond acceptors (Lipinski definition) is 11. The predicted octanol–water partition coefficient (Wildman–Crippen LogP) is 4.57. The van der Waals surface area contributed by atoms with Crippen LogP contribution in [0.1, 0.15) is 68.6 Å². The van der Waals surface area contributed by atoms with E-state index in [4.69, 9.17) is 23.4 Å². The van der Waals surface area contributed by atoms with Crippen LogP contribution in [0.2, 0.25) is 0 Å². The zero-order valence-electron chi connectivity index (χ0n) is 29.5. The number of benzene rings is 2. The zero-order chi connectivity index (χ0) is 36.2. The van der Waals surface area contributed by atoms with E-state index < -0.39 is 34.4 Å². The molecule has 3 aliphatic heterocycles. The summed E-state index contributed by atoms with van der Waals surface area (Å²) < 4.78 is 59.8. The molecule has 4 heterocycles. The Kier molecular flexibility index (Phi) is 11.6. The summed E-state index contributed by atoms with van der Waals surface area (Å²) in [6.07, 6.45) is 3.39. The van der Waals surface area contributed by atoms with Gasteiger partial charge in [0.1, 0.15) is 12.2 Å². The third-order valence-electron chi connectivity index (χ3n) is 10.8. The summed E-state index contributed by atoms with van der Waals surface area (Å²) in [5.74, 6) is 0.899. The van der Waals surface area contributed by atoms with Crippen LogP contribution in [-0.2, 0) is 42.0 Å². The Morgan fingerprint density at radius 3 is 2.63 bits per heavy atom. The molecule has 1 saturated carbocycles. The highest BCUT2D eigenvalue weighted by atomic mass is 32.2. The maximum absolute atomic E-state index is 14.6. The number of aliphatic hydroxyl groups is 2. The standard InChI is InChI=1S/C38H49N3O10S/c1-24(42)36-39-19-33(50-36)26-12-13-34-27(17-26)21-47-15-9-4-2-3-8-14-41(52(34,45)46)20-32(43)31(16-25-10-6-5-7-11-25)40-38(44)51-35-28-18-29-30(35)23-49-37(29)48-22-28/h5-7,10-13,17,19,24,28-32,35,37,42-43H,2-4,8-9,14-16,18,20-23H2,1H3,(H,40,44)/t24-,28?,29?,30+,31-,32+,35-,37-/m0/s1. The van der Waals surface area contributed by atoms with Crippen LogP contribution < -0.4 is 5.32 Å². The van der Waals surface area contributed by atoms with Crippen LogP contribution in [0, 0.1) is 17.8 Å². The Bertz CT molecular complexity index is 1770. The van der Waals surface area contributed by atoms with E-state index in [0.29, 0.717) is 43.1 Å². The lowest BCUT2D eigenvalue weighted by molar-refractivity contribution is -0.169. The SMILES string of the molecule is C[C@H](O)c1ncc(-c2ccc3c(c2)COCCCCCCCN(C[C@@H](O)[C@H](Cc2ccccc2)NC(=O)O[C@H]2C4CO[C@H]5OC[C@@H]2C5C4)S3(=O)=O)o1. The van der Waals surface area contributed by atoms with E-state index in [2.05, 4.69) is 10.3 Å². The van der Waals surface area contributed by atoms with E-state index in [9.17, 15) is 23.4 Å². The largest absolute Gasteiger partial charge is 0.445 e. The lowest BCUT2D eigenvalue weighted by Crippen LogP contribution is -2.51. The van der Waals surface area contributed by atoms with Crippen molar-refractivity contribution in [2.75, 3.05) is 32.9 Å². The maximum Gasteiger partial charge on any atom is 0.407 e. The summed E-state index contributed by atoms with van der Waals surface area (Å²) in [6.45, 7) is 2.99. The van der Waals surface area contributed by atoms with E-state index in [1.807, 2.05) is 30.3 Å². The number of carbonyl (C=O) groups is 1. The molecule has 2 bridgehead atoms. The van der Waals surface area contributed by atoms with Crippen molar-refractivity contribution in [1.82, 2.24) is 14.6 Å². The van der Waals surface area contributed by atoms with Gasteiger partial charge in [0.15, 0.2) is 12.1 Å². The van der Waals surface area contributed by atoms with E-state index in [1.165, 1.54) is 16.6 Å². The lowest BCUT2D eigenvalue weighted by Gasteiger charge is -2.31. The van der Waals surface area contributed by atoms with Gasteiger partial charge >= 0.3 is 6.09 Å². The van der Waals surface area contributed by atoms with Gasteiger partial charge in [0.25, 0.3) is 0 Å². The normalized spacial score (nSPS) is 28.0. The first-order chi connectivity index (χ1) is 25.2. The molecule has 13 nitrogen and oxygen atoms in total. The number of carbonyl (C=O) groups excluding carboxylic acids is 1. The molecular weight excluding hydrogens is 690 g/mol. The highest BCUT2D eigenvalue weighted by Gasteiger charge is 2.56. The number of nitrogens with one attached hydrogen (secondary N) is 1. The number of β-amino-alcohol motifs (C(OH)–C–C–N with tert-alkyl or cyclic N) is 1. The maximum atomic E-state index is 14.6. The van der Waals surface area contributed by atoms with Crippen molar-refractivity contribution >= 4 is 16.1 Å². The number of alkyl carbamates (subject to hydrolysis) is 1. The Morgan fingerprint density at radius 1 is 1.04 bits per heavy atom. The van der Waals surface area contributed by atoms with Crippen LogP contribution in [0.4, 0.5) is 4.79 Å². The van der Waals surface area contributed by atoms with E-state index in [0.717, 1.165) is 37.7 Å². The molecule has 1 aromatic heterocycles. The van der Waals surface area contributed by atoms with Gasteiger partial charge in [-0.3, -0.25) is 0 Å². The molecule has 52 heavy (non-hydrogen) atoms. The quantitative estimate of drug-likeness (QED) is 0.281. The van der Waals surface area contributed by atoms with E-state index in [1.54, 1.807) is 19.1 Å². The smallest absolute Gasteiger partial charge is 0.407 e. The van der Waals surface area contributed by atoms with Crippen LogP contribution >= 0.6 is 0 Å². The number of fused-ring (bicyclic) bond motifs is 2. The molecule has 0 radical (unpaired) electrons. The molecule has 2 unspecified atom stereocenters. The molecule has 3 fully saturated rings. The monoisotopic (exact) mass is 739 g/mol. The number of sulfonamides is 1. The van der Waals surface area contributed by atoms with Crippen LogP contribution in [0.5, 0.6) is 0 Å². The molecule has 3 aromatic rings. The van der Waals surface area contributed by atoms with Crippen LogP contribution in [0.25, 0.3) is 11.3 Å². The molecular formula is C38H49N3O10S.